The Labute approximate surface area is 166 Å². The molecule has 0 saturated carbocycles. The molecule has 1 aromatic carbocycles. The topological polar surface area (TPSA) is 82.5 Å². The van der Waals surface area contributed by atoms with Crippen molar-refractivity contribution in [2.24, 2.45) is 5.73 Å². The van der Waals surface area contributed by atoms with Crippen molar-refractivity contribution in [3.05, 3.63) is 66.2 Å². The Balaban J connectivity index is 1.77. The van der Waals surface area contributed by atoms with Gasteiger partial charge in [0.05, 0.1) is 23.1 Å². The van der Waals surface area contributed by atoms with E-state index in [1.165, 1.54) is 16.9 Å². The summed E-state index contributed by atoms with van der Waals surface area (Å²) in [5.74, 6) is 0.0987. The number of nitrogens with two attached hydrogens (primary N) is 1. The van der Waals surface area contributed by atoms with Crippen molar-refractivity contribution in [2.75, 3.05) is 0 Å². The van der Waals surface area contributed by atoms with Gasteiger partial charge in [-0.3, -0.25) is 4.98 Å². The number of aromatic nitrogens is 5. The maximum Gasteiger partial charge on any atom is 0.280 e. The molecule has 0 spiro atoms. The van der Waals surface area contributed by atoms with Gasteiger partial charge in [0, 0.05) is 23.2 Å². The zero-order valence-electron chi connectivity index (χ0n) is 15.8. The predicted molar refractivity (Wildman–Crippen MR) is 107 cm³/mol. The van der Waals surface area contributed by atoms with Crippen LogP contribution in [-0.2, 0) is 0 Å². The number of nitrogens with zero attached hydrogens (tertiary/aromatic N) is 5. The van der Waals surface area contributed by atoms with Gasteiger partial charge in [0.25, 0.3) is 12.4 Å². The Morgan fingerprint density at radius 1 is 1.07 bits per heavy atom. The minimum absolute atomic E-state index is 0.0987. The maximum absolute atomic E-state index is 13.0. The largest absolute Gasteiger partial charge is 0.323 e. The molecule has 0 aliphatic carbocycles. The Morgan fingerprint density at radius 3 is 2.72 bits per heavy atom. The fraction of sp³-hybridized carbons (Fsp3) is 0.238. The second kappa shape index (κ2) is 8.00. The molecule has 3 heterocycles. The summed E-state index contributed by atoms with van der Waals surface area (Å²) in [5, 5.41) is 5.12. The lowest BCUT2D eigenvalue weighted by Gasteiger charge is -2.11. The summed E-state index contributed by atoms with van der Waals surface area (Å²) in [5.41, 5.74) is 9.07. The summed E-state index contributed by atoms with van der Waals surface area (Å²) in [4.78, 5) is 12.7. The van der Waals surface area contributed by atoms with Gasteiger partial charge in [-0.2, -0.15) is 9.78 Å². The maximum atomic E-state index is 13.0. The average molecular weight is 394 g/mol. The zero-order chi connectivity index (χ0) is 20.4. The Kier molecular flexibility index (Phi) is 5.26. The van der Waals surface area contributed by atoms with Crippen molar-refractivity contribution >= 4 is 10.9 Å². The number of halogens is 2. The minimum atomic E-state index is -2.67. The summed E-state index contributed by atoms with van der Waals surface area (Å²) in [6.45, 7) is 2.09. The van der Waals surface area contributed by atoms with Crippen LogP contribution < -0.4 is 5.73 Å². The number of hydrogen-bond acceptors (Lipinski definition) is 5. The molecule has 0 fully saturated rings. The molecule has 0 radical (unpaired) electrons. The van der Waals surface area contributed by atoms with E-state index in [1.807, 2.05) is 36.4 Å². The quantitative estimate of drug-likeness (QED) is 0.516. The number of rotatable bonds is 6. The first-order valence-electron chi connectivity index (χ1n) is 9.39. The van der Waals surface area contributed by atoms with Crippen LogP contribution in [0, 0.1) is 0 Å². The monoisotopic (exact) mass is 394 g/mol. The van der Waals surface area contributed by atoms with Gasteiger partial charge >= 0.3 is 0 Å². The highest BCUT2D eigenvalue weighted by Gasteiger charge is 2.14. The van der Waals surface area contributed by atoms with E-state index in [2.05, 4.69) is 22.0 Å². The van der Waals surface area contributed by atoms with E-state index in [0.717, 1.165) is 35.2 Å². The molecule has 148 valence electrons. The molecule has 4 aromatic rings. The second-order valence-electron chi connectivity index (χ2n) is 6.76. The summed E-state index contributed by atoms with van der Waals surface area (Å²) in [6.07, 6.45) is 2.13. The van der Waals surface area contributed by atoms with Crippen LogP contribution in [-0.4, -0.2) is 24.7 Å². The van der Waals surface area contributed by atoms with Crippen molar-refractivity contribution < 1.29 is 8.78 Å². The van der Waals surface area contributed by atoms with Crippen LogP contribution in [0.1, 0.15) is 43.6 Å². The Bertz CT molecular complexity index is 1140. The molecule has 0 saturated heterocycles. The van der Waals surface area contributed by atoms with Crippen molar-refractivity contribution in [3.63, 3.8) is 0 Å². The van der Waals surface area contributed by atoms with Crippen molar-refractivity contribution in [1.82, 2.24) is 24.7 Å². The molecule has 29 heavy (non-hydrogen) atoms. The first-order chi connectivity index (χ1) is 14.1. The molecule has 0 unspecified atom stereocenters. The van der Waals surface area contributed by atoms with E-state index >= 15 is 0 Å². The lowest BCUT2D eigenvalue weighted by molar-refractivity contribution is 0.146. The molecule has 0 aliphatic heterocycles. The SMILES string of the molecule is CCC[C@H](N)c1cccc(-c2ccc3cnn(-c4nccc(C(F)F)n4)c3c2)n1. The standard InChI is InChI=1S/C21H20F2N6/c1-2-4-15(24)17-6-3-5-16(27-17)13-7-8-14-12-26-29(19(14)11-13)21-25-10-9-18(28-21)20(22)23/h3,5-12,15,20H,2,4,24H2,1H3/t15-/m0/s1. The number of fused-ring (bicyclic) bond motifs is 1. The fourth-order valence-corrected chi connectivity index (χ4v) is 3.20. The highest BCUT2D eigenvalue weighted by molar-refractivity contribution is 5.84. The molecule has 0 aliphatic rings. The predicted octanol–water partition coefficient (Wildman–Crippen LogP) is 4.62. The summed E-state index contributed by atoms with van der Waals surface area (Å²) >= 11 is 0. The Hall–Kier alpha value is -3.26. The van der Waals surface area contributed by atoms with Crippen LogP contribution in [0.15, 0.2) is 54.9 Å². The molecule has 0 bridgehead atoms. The Morgan fingerprint density at radius 2 is 1.93 bits per heavy atom. The van der Waals surface area contributed by atoms with Gasteiger partial charge in [0.1, 0.15) is 5.69 Å². The van der Waals surface area contributed by atoms with Gasteiger partial charge in [0.2, 0.25) is 0 Å². The third kappa shape index (κ3) is 3.84. The molecule has 3 aromatic heterocycles. The van der Waals surface area contributed by atoms with Gasteiger partial charge in [0.15, 0.2) is 0 Å². The summed E-state index contributed by atoms with van der Waals surface area (Å²) in [6, 6.07) is 12.6. The normalized spacial score (nSPS) is 12.6. The molecule has 1 atom stereocenters. The van der Waals surface area contributed by atoms with Crippen LogP contribution in [0.2, 0.25) is 0 Å². The van der Waals surface area contributed by atoms with Crippen molar-refractivity contribution in [1.29, 1.82) is 0 Å². The average Bonchev–Trinajstić information content (AvgIpc) is 3.17. The van der Waals surface area contributed by atoms with E-state index in [4.69, 9.17) is 10.7 Å². The molecule has 0 amide bonds. The zero-order valence-corrected chi connectivity index (χ0v) is 15.8. The minimum Gasteiger partial charge on any atom is -0.323 e. The first kappa shape index (κ1) is 19.1. The molecule has 2 N–H and O–H groups in total. The summed E-state index contributed by atoms with van der Waals surface area (Å²) < 4.78 is 27.5. The number of pyridine rings is 1. The van der Waals surface area contributed by atoms with Gasteiger partial charge in [-0.1, -0.05) is 31.5 Å². The second-order valence-corrected chi connectivity index (χ2v) is 6.76. The smallest absolute Gasteiger partial charge is 0.280 e. The van der Waals surface area contributed by atoms with Crippen molar-refractivity contribution in [2.45, 2.75) is 32.2 Å². The van der Waals surface area contributed by atoms with Crippen LogP contribution in [0.4, 0.5) is 8.78 Å². The van der Waals surface area contributed by atoms with E-state index < -0.39 is 6.43 Å². The van der Waals surface area contributed by atoms with Gasteiger partial charge < -0.3 is 5.73 Å². The van der Waals surface area contributed by atoms with Crippen molar-refractivity contribution in [3.8, 4) is 17.2 Å². The van der Waals surface area contributed by atoms with Gasteiger partial charge in [-0.05, 0) is 30.7 Å². The van der Waals surface area contributed by atoms with E-state index in [9.17, 15) is 8.78 Å². The third-order valence-corrected chi connectivity index (χ3v) is 4.69. The number of benzene rings is 1. The number of alkyl halides is 2. The third-order valence-electron chi connectivity index (χ3n) is 4.69. The van der Waals surface area contributed by atoms with E-state index in [0.29, 0.717) is 5.52 Å². The van der Waals surface area contributed by atoms with Gasteiger partial charge in [-0.25, -0.2) is 18.7 Å². The van der Waals surface area contributed by atoms with E-state index in [-0.39, 0.29) is 17.7 Å². The highest BCUT2D eigenvalue weighted by Crippen LogP contribution is 2.26. The number of hydrogen-bond donors (Lipinski definition) is 1. The van der Waals surface area contributed by atoms with E-state index in [1.54, 1.807) is 6.20 Å². The molecular formula is C21H20F2N6. The van der Waals surface area contributed by atoms with Crippen LogP contribution in [0.5, 0.6) is 0 Å². The lowest BCUT2D eigenvalue weighted by Crippen LogP contribution is -2.11. The molecule has 6 nitrogen and oxygen atoms in total. The highest BCUT2D eigenvalue weighted by atomic mass is 19.3. The molecule has 4 rings (SSSR count). The molecular weight excluding hydrogens is 374 g/mol. The van der Waals surface area contributed by atoms with Crippen LogP contribution in [0.25, 0.3) is 28.1 Å². The van der Waals surface area contributed by atoms with Crippen LogP contribution in [0.3, 0.4) is 0 Å². The van der Waals surface area contributed by atoms with Gasteiger partial charge in [-0.15, -0.1) is 0 Å². The van der Waals surface area contributed by atoms with Crippen LogP contribution >= 0.6 is 0 Å². The first-order valence-corrected chi connectivity index (χ1v) is 9.39. The summed E-state index contributed by atoms with van der Waals surface area (Å²) in [7, 11) is 0. The lowest BCUT2D eigenvalue weighted by atomic mass is 10.1. The fourth-order valence-electron chi connectivity index (χ4n) is 3.20. The molecule has 8 heteroatoms.